The third-order valence-electron chi connectivity index (χ3n) is 7.32. The molecule has 3 fully saturated rings. The van der Waals surface area contributed by atoms with Crippen molar-refractivity contribution in [2.24, 2.45) is 10.8 Å². The first kappa shape index (κ1) is 23.3. The van der Waals surface area contributed by atoms with Crippen molar-refractivity contribution in [2.75, 3.05) is 6.54 Å². The van der Waals surface area contributed by atoms with Gasteiger partial charge in [0.2, 0.25) is 5.91 Å². The van der Waals surface area contributed by atoms with E-state index in [2.05, 4.69) is 20.6 Å². The Kier molecular flexibility index (Phi) is 6.20. The number of hydrogen-bond donors (Lipinski definition) is 2. The number of carboxylic acid groups (broad SMARTS) is 1. The third kappa shape index (κ3) is 4.89. The first-order chi connectivity index (χ1) is 15.6. The summed E-state index contributed by atoms with van der Waals surface area (Å²) >= 11 is 0. The predicted octanol–water partition coefficient (Wildman–Crippen LogP) is 3.31. The average molecular weight is 462 g/mol. The maximum absolute atomic E-state index is 13.3. The molecular weight excluding hydrogens is 432 g/mol. The summed E-state index contributed by atoms with van der Waals surface area (Å²) < 4.78 is 28.2. The highest BCUT2D eigenvalue weighted by Gasteiger charge is 2.55. The van der Waals surface area contributed by atoms with Crippen molar-refractivity contribution in [3.05, 3.63) is 41.5 Å². The van der Waals surface area contributed by atoms with Crippen molar-refractivity contribution < 1.29 is 23.5 Å². The fourth-order valence-corrected chi connectivity index (χ4v) is 4.98. The molecule has 0 atom stereocenters. The summed E-state index contributed by atoms with van der Waals surface area (Å²) in [4.78, 5) is 28.4. The minimum atomic E-state index is -2.92. The number of nitrogens with one attached hydrogen (secondary N) is 1. The molecule has 3 aliphatic carbocycles. The summed E-state index contributed by atoms with van der Waals surface area (Å²) in [6, 6.07) is 2.92. The molecule has 0 aromatic carbocycles. The number of nitrogens with zero attached hydrogens (tertiary/aromatic N) is 4. The van der Waals surface area contributed by atoms with Gasteiger partial charge in [-0.1, -0.05) is 5.21 Å². The number of aromatic nitrogens is 4. The molecule has 2 N–H and O–H groups in total. The van der Waals surface area contributed by atoms with Gasteiger partial charge in [-0.25, -0.2) is 13.5 Å². The standard InChI is InChI=1S/C23H29F2N5O3/c1-21(24,25)16-4-5-17(27-13-16)14-30-15-18(28-29-30)3-2-12-26-19(31)22-6-9-23(10-7-22,11-8-22)20(32)33/h4-5,13,15H,2-3,6-12,14H2,1H3,(H,26,31)(H,32,33). The van der Waals surface area contributed by atoms with Crippen LogP contribution in [0.5, 0.6) is 0 Å². The normalized spacial score (nSPS) is 24.6. The second-order valence-electron chi connectivity index (χ2n) is 9.56. The van der Waals surface area contributed by atoms with E-state index in [1.807, 2.05) is 0 Å². The Bertz CT molecular complexity index is 991. The zero-order chi connectivity index (χ0) is 23.7. The van der Waals surface area contributed by atoms with Gasteiger partial charge >= 0.3 is 5.97 Å². The van der Waals surface area contributed by atoms with Gasteiger partial charge in [-0.15, -0.1) is 5.10 Å². The minimum Gasteiger partial charge on any atom is -0.481 e. The smallest absolute Gasteiger partial charge is 0.309 e. The van der Waals surface area contributed by atoms with Crippen LogP contribution >= 0.6 is 0 Å². The number of alkyl halides is 2. The Hall–Kier alpha value is -2.91. The van der Waals surface area contributed by atoms with Crippen molar-refractivity contribution in [1.29, 1.82) is 0 Å². The van der Waals surface area contributed by atoms with Gasteiger partial charge < -0.3 is 10.4 Å². The van der Waals surface area contributed by atoms with Gasteiger partial charge in [0, 0.05) is 36.8 Å². The molecule has 2 aromatic heterocycles. The Morgan fingerprint density at radius 1 is 1.12 bits per heavy atom. The zero-order valence-electron chi connectivity index (χ0n) is 18.7. The van der Waals surface area contributed by atoms with Crippen molar-refractivity contribution in [3.8, 4) is 0 Å². The maximum atomic E-state index is 13.3. The molecule has 1 amide bonds. The molecule has 33 heavy (non-hydrogen) atoms. The molecule has 0 saturated heterocycles. The van der Waals surface area contributed by atoms with E-state index < -0.39 is 22.7 Å². The first-order valence-corrected chi connectivity index (χ1v) is 11.4. The minimum absolute atomic E-state index is 0.0389. The van der Waals surface area contributed by atoms with Crippen LogP contribution in [-0.4, -0.2) is 43.5 Å². The van der Waals surface area contributed by atoms with Gasteiger partial charge in [0.05, 0.1) is 23.3 Å². The maximum Gasteiger partial charge on any atom is 0.309 e. The predicted molar refractivity (Wildman–Crippen MR) is 114 cm³/mol. The van der Waals surface area contributed by atoms with Crippen LogP contribution in [0.3, 0.4) is 0 Å². The molecule has 0 radical (unpaired) electrons. The number of aryl methyl sites for hydroxylation is 1. The van der Waals surface area contributed by atoms with Crippen LogP contribution in [0.2, 0.25) is 0 Å². The topological polar surface area (TPSA) is 110 Å². The van der Waals surface area contributed by atoms with Crippen LogP contribution in [0.1, 0.15) is 68.8 Å². The molecule has 0 unspecified atom stereocenters. The molecule has 0 spiro atoms. The molecular formula is C23H29F2N5O3. The lowest BCUT2D eigenvalue weighted by atomic mass is 9.53. The number of carbonyl (C=O) groups excluding carboxylic acids is 1. The number of halogens is 2. The summed E-state index contributed by atoms with van der Waals surface area (Å²) in [6.07, 6.45) is 7.99. The molecule has 5 rings (SSSR count). The number of carbonyl (C=O) groups is 2. The van der Waals surface area contributed by atoms with Gasteiger partial charge in [0.25, 0.3) is 5.92 Å². The molecule has 2 heterocycles. The number of rotatable bonds is 9. The Balaban J connectivity index is 1.21. The zero-order valence-corrected chi connectivity index (χ0v) is 18.7. The second-order valence-corrected chi connectivity index (χ2v) is 9.56. The average Bonchev–Trinajstić information content (AvgIpc) is 3.24. The van der Waals surface area contributed by atoms with Crippen molar-refractivity contribution >= 4 is 11.9 Å². The number of amides is 1. The first-order valence-electron chi connectivity index (χ1n) is 11.4. The Morgan fingerprint density at radius 3 is 2.36 bits per heavy atom. The highest BCUT2D eigenvalue weighted by molar-refractivity contribution is 5.84. The van der Waals surface area contributed by atoms with Gasteiger partial charge in [-0.3, -0.25) is 14.6 Å². The van der Waals surface area contributed by atoms with E-state index in [-0.39, 0.29) is 11.5 Å². The number of aliphatic carboxylic acids is 1. The summed E-state index contributed by atoms with van der Waals surface area (Å²) in [5, 5.41) is 20.7. The SMILES string of the molecule is CC(F)(F)c1ccc(Cn2cc(CCCNC(=O)C34CCC(C(=O)O)(CC3)CC4)nn2)nc1. The van der Waals surface area contributed by atoms with E-state index in [1.165, 1.54) is 12.3 Å². The molecule has 178 valence electrons. The third-order valence-corrected chi connectivity index (χ3v) is 7.32. The van der Waals surface area contributed by atoms with E-state index in [9.17, 15) is 23.5 Å². The molecule has 0 aliphatic heterocycles. The highest BCUT2D eigenvalue weighted by Crippen LogP contribution is 2.57. The fourth-order valence-electron chi connectivity index (χ4n) is 4.98. The van der Waals surface area contributed by atoms with Crippen LogP contribution in [0.4, 0.5) is 8.78 Å². The summed E-state index contributed by atoms with van der Waals surface area (Å²) in [6.45, 7) is 1.69. The van der Waals surface area contributed by atoms with Gasteiger partial charge in [-0.2, -0.15) is 0 Å². The number of carboxylic acids is 1. The van der Waals surface area contributed by atoms with Crippen molar-refractivity contribution in [3.63, 3.8) is 0 Å². The number of pyridine rings is 1. The van der Waals surface area contributed by atoms with Gasteiger partial charge in [0.1, 0.15) is 0 Å². The number of hydrogen-bond acceptors (Lipinski definition) is 5. The number of fused-ring (bicyclic) bond motifs is 3. The molecule has 2 aromatic rings. The van der Waals surface area contributed by atoms with Gasteiger partial charge in [-0.05, 0) is 63.5 Å². The quantitative estimate of drug-likeness (QED) is 0.555. The Labute approximate surface area is 190 Å². The summed E-state index contributed by atoms with van der Waals surface area (Å²) in [7, 11) is 0. The highest BCUT2D eigenvalue weighted by atomic mass is 19.3. The van der Waals surface area contributed by atoms with Crippen LogP contribution in [-0.2, 0) is 28.5 Å². The van der Waals surface area contributed by atoms with Crippen LogP contribution in [0.15, 0.2) is 24.5 Å². The lowest BCUT2D eigenvalue weighted by Gasteiger charge is -2.50. The largest absolute Gasteiger partial charge is 0.481 e. The molecule has 2 bridgehead atoms. The van der Waals surface area contributed by atoms with Crippen LogP contribution in [0, 0.1) is 10.8 Å². The molecule has 8 nitrogen and oxygen atoms in total. The molecule has 3 saturated carbocycles. The van der Waals surface area contributed by atoms with E-state index in [0.29, 0.717) is 70.2 Å². The lowest BCUT2D eigenvalue weighted by molar-refractivity contribution is -0.163. The van der Waals surface area contributed by atoms with Crippen LogP contribution in [0.25, 0.3) is 0 Å². The van der Waals surface area contributed by atoms with E-state index in [4.69, 9.17) is 0 Å². The molecule has 10 heteroatoms. The lowest BCUT2D eigenvalue weighted by Crippen LogP contribution is -2.52. The second kappa shape index (κ2) is 8.79. The summed E-state index contributed by atoms with van der Waals surface area (Å²) in [5.74, 6) is -3.60. The van der Waals surface area contributed by atoms with Crippen molar-refractivity contribution in [2.45, 2.75) is 70.8 Å². The fraction of sp³-hybridized carbons (Fsp3) is 0.609. The van der Waals surface area contributed by atoms with E-state index in [0.717, 1.165) is 12.6 Å². The van der Waals surface area contributed by atoms with Crippen LogP contribution < -0.4 is 5.32 Å². The van der Waals surface area contributed by atoms with Gasteiger partial charge in [0.15, 0.2) is 0 Å². The van der Waals surface area contributed by atoms with E-state index in [1.54, 1.807) is 16.9 Å². The summed E-state index contributed by atoms with van der Waals surface area (Å²) in [5.41, 5.74) is 0.227. The monoisotopic (exact) mass is 461 g/mol. The van der Waals surface area contributed by atoms with E-state index >= 15 is 0 Å². The Morgan fingerprint density at radius 2 is 1.79 bits per heavy atom. The van der Waals surface area contributed by atoms with Crippen molar-refractivity contribution in [1.82, 2.24) is 25.3 Å². The molecule has 3 aliphatic rings.